The summed E-state index contributed by atoms with van der Waals surface area (Å²) in [6.45, 7) is 3.64. The molecule has 0 fully saturated rings. The fourth-order valence-electron chi connectivity index (χ4n) is 1.34. The molecule has 5 N–H and O–H groups in total. The van der Waals surface area contributed by atoms with Crippen LogP contribution in [0.15, 0.2) is 34.3 Å². The van der Waals surface area contributed by atoms with Crippen LogP contribution in [0.5, 0.6) is 0 Å². The van der Waals surface area contributed by atoms with Crippen molar-refractivity contribution >= 4 is 17.6 Å². The number of anilines is 1. The molecule has 0 heterocycles. The van der Waals surface area contributed by atoms with Gasteiger partial charge in [-0.25, -0.2) is 4.99 Å². The summed E-state index contributed by atoms with van der Waals surface area (Å²) in [5.41, 5.74) is 10.7. The van der Waals surface area contributed by atoms with Crippen molar-refractivity contribution in [3.05, 3.63) is 29.8 Å². The average Bonchev–Trinajstić information content (AvgIpc) is 2.26. The van der Waals surface area contributed by atoms with Gasteiger partial charge in [-0.2, -0.15) is 18.2 Å². The number of nitrogens with zero attached hydrogens (tertiary/aromatic N) is 2. The summed E-state index contributed by atoms with van der Waals surface area (Å²) in [4.78, 5) is 7.72. The number of aliphatic imine (C=N–C) groups is 2. The summed E-state index contributed by atoms with van der Waals surface area (Å²) in [6.07, 6.45) is -4.37. The first kappa shape index (κ1) is 15.8. The lowest BCUT2D eigenvalue weighted by atomic mass is 10.2. The molecule has 0 aliphatic rings. The van der Waals surface area contributed by atoms with Gasteiger partial charge in [-0.15, -0.1) is 0 Å². The van der Waals surface area contributed by atoms with Crippen LogP contribution in [0.3, 0.4) is 0 Å². The van der Waals surface area contributed by atoms with Crippen LogP contribution in [-0.2, 0) is 6.18 Å². The first-order valence-electron chi connectivity index (χ1n) is 5.80. The van der Waals surface area contributed by atoms with Crippen molar-refractivity contribution in [1.82, 2.24) is 0 Å². The Balaban J connectivity index is 2.77. The summed E-state index contributed by atoms with van der Waals surface area (Å²) in [5.74, 6) is -0.0522. The molecule has 0 amide bonds. The predicted octanol–water partition coefficient (Wildman–Crippen LogP) is 2.16. The van der Waals surface area contributed by atoms with Gasteiger partial charge in [0, 0.05) is 11.7 Å². The Morgan fingerprint density at radius 1 is 1.15 bits per heavy atom. The van der Waals surface area contributed by atoms with Crippen molar-refractivity contribution in [3.63, 3.8) is 0 Å². The molecule has 1 aromatic carbocycles. The molecule has 0 radical (unpaired) electrons. The number of nitrogens with one attached hydrogen (secondary N) is 1. The third-order valence-corrected chi connectivity index (χ3v) is 2.11. The summed E-state index contributed by atoms with van der Waals surface area (Å²) < 4.78 is 37.1. The van der Waals surface area contributed by atoms with Gasteiger partial charge < -0.3 is 16.8 Å². The van der Waals surface area contributed by atoms with Gasteiger partial charge >= 0.3 is 6.18 Å². The minimum absolute atomic E-state index is 0.00286. The fourth-order valence-corrected chi connectivity index (χ4v) is 1.34. The number of halogens is 3. The maximum Gasteiger partial charge on any atom is 0.416 e. The highest BCUT2D eigenvalue weighted by molar-refractivity contribution is 6.00. The van der Waals surface area contributed by atoms with Gasteiger partial charge in [0.15, 0.2) is 0 Å². The molecule has 20 heavy (non-hydrogen) atoms. The molecular formula is C12H16F3N5. The van der Waals surface area contributed by atoms with Crippen LogP contribution < -0.4 is 16.8 Å². The molecule has 0 aliphatic heterocycles. The van der Waals surface area contributed by atoms with Crippen molar-refractivity contribution in [2.45, 2.75) is 26.1 Å². The molecule has 0 unspecified atom stereocenters. The summed E-state index contributed by atoms with van der Waals surface area (Å²) in [5, 5.41) is 2.62. The van der Waals surface area contributed by atoms with Crippen LogP contribution in [-0.4, -0.2) is 18.0 Å². The molecule has 5 nitrogen and oxygen atoms in total. The van der Waals surface area contributed by atoms with E-state index in [1.54, 1.807) is 0 Å². The molecule has 0 atom stereocenters. The van der Waals surface area contributed by atoms with Crippen molar-refractivity contribution < 1.29 is 13.2 Å². The van der Waals surface area contributed by atoms with E-state index >= 15 is 0 Å². The Labute approximate surface area is 114 Å². The minimum Gasteiger partial charge on any atom is -0.369 e. The Bertz CT molecular complexity index is 503. The molecule has 0 saturated carbocycles. The molecule has 1 rings (SSSR count). The number of benzene rings is 1. The molecule has 0 saturated heterocycles. The standard InChI is InChI=1S/C12H16F3N5/c1-7(2)18-10(16)20-11(17)19-9-5-3-8(4-6-9)12(13,14)15/h3-7H,1-2H3,(H5,16,17,18,19,20). The normalized spacial score (nSPS) is 13.7. The molecule has 8 heteroatoms. The number of nitrogens with two attached hydrogens (primary N) is 2. The molecule has 0 spiro atoms. The van der Waals surface area contributed by atoms with Crippen LogP contribution in [0.4, 0.5) is 18.9 Å². The third-order valence-electron chi connectivity index (χ3n) is 2.11. The van der Waals surface area contributed by atoms with Crippen molar-refractivity contribution in [2.24, 2.45) is 21.5 Å². The van der Waals surface area contributed by atoms with Gasteiger partial charge in [0.25, 0.3) is 0 Å². The van der Waals surface area contributed by atoms with Crippen LogP contribution in [0.2, 0.25) is 0 Å². The average molecular weight is 287 g/mol. The quantitative estimate of drug-likeness (QED) is 0.575. The maximum atomic E-state index is 12.4. The topological polar surface area (TPSA) is 88.8 Å². The van der Waals surface area contributed by atoms with Crippen LogP contribution in [0, 0.1) is 0 Å². The molecule has 1 aromatic rings. The number of hydrogen-bond donors (Lipinski definition) is 3. The third kappa shape index (κ3) is 5.17. The van der Waals surface area contributed by atoms with Crippen LogP contribution >= 0.6 is 0 Å². The van der Waals surface area contributed by atoms with Crippen molar-refractivity contribution in [1.29, 1.82) is 0 Å². The maximum absolute atomic E-state index is 12.4. The highest BCUT2D eigenvalue weighted by Gasteiger charge is 2.29. The second-order valence-corrected chi connectivity index (χ2v) is 4.28. The molecule has 0 aliphatic carbocycles. The highest BCUT2D eigenvalue weighted by Crippen LogP contribution is 2.29. The summed E-state index contributed by atoms with van der Waals surface area (Å²) in [7, 11) is 0. The van der Waals surface area contributed by atoms with Gasteiger partial charge in [0.05, 0.1) is 5.56 Å². The lowest BCUT2D eigenvalue weighted by Crippen LogP contribution is -2.26. The van der Waals surface area contributed by atoms with E-state index in [0.717, 1.165) is 12.1 Å². The van der Waals surface area contributed by atoms with Crippen LogP contribution in [0.1, 0.15) is 19.4 Å². The number of alkyl halides is 3. The Morgan fingerprint density at radius 2 is 1.70 bits per heavy atom. The SMILES string of the molecule is CC(C)N=C(N)N=C(N)Nc1ccc(C(F)(F)F)cc1. The first-order valence-corrected chi connectivity index (χ1v) is 5.80. The zero-order valence-corrected chi connectivity index (χ0v) is 11.1. The van der Waals surface area contributed by atoms with E-state index in [1.807, 2.05) is 13.8 Å². The van der Waals surface area contributed by atoms with Gasteiger partial charge in [-0.05, 0) is 38.1 Å². The Morgan fingerprint density at radius 3 is 2.15 bits per heavy atom. The smallest absolute Gasteiger partial charge is 0.369 e. The summed E-state index contributed by atoms with van der Waals surface area (Å²) in [6, 6.07) is 4.36. The zero-order valence-electron chi connectivity index (χ0n) is 11.1. The highest BCUT2D eigenvalue weighted by atomic mass is 19.4. The second-order valence-electron chi connectivity index (χ2n) is 4.28. The molecule has 110 valence electrons. The van der Waals surface area contributed by atoms with E-state index in [0.29, 0.717) is 5.69 Å². The lowest BCUT2D eigenvalue weighted by Gasteiger charge is -2.09. The second kappa shape index (κ2) is 6.27. The first-order chi connectivity index (χ1) is 9.18. The van der Waals surface area contributed by atoms with Gasteiger partial charge in [0.2, 0.25) is 11.9 Å². The Kier molecular flexibility index (Phi) is 4.95. The number of hydrogen-bond acceptors (Lipinski definition) is 1. The van der Waals surface area contributed by atoms with Gasteiger partial charge in [-0.3, -0.25) is 0 Å². The summed E-state index contributed by atoms with van der Waals surface area (Å²) >= 11 is 0. The number of rotatable bonds is 2. The monoisotopic (exact) mass is 287 g/mol. The van der Waals surface area contributed by atoms with E-state index in [4.69, 9.17) is 11.5 Å². The molecule has 0 aromatic heterocycles. The van der Waals surface area contributed by atoms with E-state index in [2.05, 4.69) is 15.3 Å². The van der Waals surface area contributed by atoms with Crippen molar-refractivity contribution in [2.75, 3.05) is 5.32 Å². The van der Waals surface area contributed by atoms with E-state index in [1.165, 1.54) is 12.1 Å². The van der Waals surface area contributed by atoms with E-state index < -0.39 is 11.7 Å². The lowest BCUT2D eigenvalue weighted by molar-refractivity contribution is -0.137. The zero-order chi connectivity index (χ0) is 15.3. The van der Waals surface area contributed by atoms with E-state index in [9.17, 15) is 13.2 Å². The predicted molar refractivity (Wildman–Crippen MR) is 73.4 cm³/mol. The van der Waals surface area contributed by atoms with E-state index in [-0.39, 0.29) is 18.0 Å². The van der Waals surface area contributed by atoms with Gasteiger partial charge in [0.1, 0.15) is 0 Å². The Hall–Kier alpha value is -2.25. The number of guanidine groups is 2. The van der Waals surface area contributed by atoms with Crippen LogP contribution in [0.25, 0.3) is 0 Å². The minimum atomic E-state index is -4.37. The molecule has 0 bridgehead atoms. The van der Waals surface area contributed by atoms with Gasteiger partial charge in [-0.1, -0.05) is 0 Å². The van der Waals surface area contributed by atoms with Crippen molar-refractivity contribution in [3.8, 4) is 0 Å². The largest absolute Gasteiger partial charge is 0.416 e. The molecular weight excluding hydrogens is 271 g/mol. The fraction of sp³-hybridized carbons (Fsp3) is 0.333.